The van der Waals surface area contributed by atoms with Crippen LogP contribution in [0, 0.1) is 0 Å². The average molecular weight is 162 g/mol. The summed E-state index contributed by atoms with van der Waals surface area (Å²) in [4.78, 5) is 10.6. The van der Waals surface area contributed by atoms with E-state index < -0.39 is 0 Å². The third kappa shape index (κ3) is 9.27. The highest BCUT2D eigenvalue weighted by Gasteiger charge is 1.99. The summed E-state index contributed by atoms with van der Waals surface area (Å²) >= 11 is 0. The van der Waals surface area contributed by atoms with E-state index in [1.807, 2.05) is 13.8 Å². The van der Waals surface area contributed by atoms with E-state index >= 15 is 0 Å². The van der Waals surface area contributed by atoms with Crippen LogP contribution >= 0.6 is 0 Å². The van der Waals surface area contributed by atoms with Gasteiger partial charge in [0.25, 0.3) is 0 Å². The van der Waals surface area contributed by atoms with E-state index in [1.54, 1.807) is 7.05 Å². The predicted octanol–water partition coefficient (Wildman–Crippen LogP) is 1.99. The summed E-state index contributed by atoms with van der Waals surface area (Å²) in [6.07, 6.45) is 0.966. The first-order valence-corrected chi connectivity index (χ1v) is 3.19. The molecule has 0 heterocycles. The first-order chi connectivity index (χ1) is 4.20. The summed E-state index contributed by atoms with van der Waals surface area (Å²) < 4.78 is 0. The van der Waals surface area contributed by atoms with Gasteiger partial charge in [0, 0.05) is 13.1 Å². The highest BCUT2D eigenvalue weighted by Crippen LogP contribution is 1.85. The number of rotatable bonds is 2. The Balaban J connectivity index is -0.000000320. The fourth-order valence-electron chi connectivity index (χ4n) is 0.398. The SMILES string of the molecule is C.C.CCC(C)NC(=O)NC. The summed E-state index contributed by atoms with van der Waals surface area (Å²) in [5, 5.41) is 5.21. The fraction of sp³-hybridized carbons (Fsp3) is 0.875. The van der Waals surface area contributed by atoms with Gasteiger partial charge in [-0.15, -0.1) is 0 Å². The molecule has 0 aliphatic heterocycles. The minimum atomic E-state index is -0.107. The van der Waals surface area contributed by atoms with Crippen LogP contribution in [0.3, 0.4) is 0 Å². The number of nitrogens with one attached hydrogen (secondary N) is 2. The molecule has 0 rings (SSSR count). The number of carbonyl (C=O) groups is 1. The number of hydrogen-bond acceptors (Lipinski definition) is 1. The van der Waals surface area contributed by atoms with Crippen LogP contribution in [0.4, 0.5) is 4.79 Å². The first kappa shape index (κ1) is 16.7. The molecule has 0 bridgehead atoms. The lowest BCUT2D eigenvalue weighted by molar-refractivity contribution is 0.239. The molecule has 0 saturated carbocycles. The number of carbonyl (C=O) groups excluding carboxylic acids is 1. The Hall–Kier alpha value is -0.730. The largest absolute Gasteiger partial charge is 0.341 e. The predicted molar refractivity (Wildman–Crippen MR) is 50.8 cm³/mol. The van der Waals surface area contributed by atoms with Gasteiger partial charge in [0.05, 0.1) is 0 Å². The third-order valence-corrected chi connectivity index (χ3v) is 1.22. The van der Waals surface area contributed by atoms with E-state index in [0.29, 0.717) is 0 Å². The quantitative estimate of drug-likeness (QED) is 0.640. The molecule has 0 spiro atoms. The van der Waals surface area contributed by atoms with E-state index in [0.717, 1.165) is 6.42 Å². The highest BCUT2D eigenvalue weighted by atomic mass is 16.2. The molecule has 0 aromatic heterocycles. The Labute approximate surface area is 70.6 Å². The molecule has 2 N–H and O–H groups in total. The zero-order chi connectivity index (χ0) is 7.28. The Kier molecular flexibility index (Phi) is 14.1. The van der Waals surface area contributed by atoms with E-state index in [2.05, 4.69) is 10.6 Å². The van der Waals surface area contributed by atoms with Gasteiger partial charge in [0.15, 0.2) is 0 Å². The van der Waals surface area contributed by atoms with Crippen molar-refractivity contribution < 1.29 is 4.79 Å². The molecule has 0 radical (unpaired) electrons. The van der Waals surface area contributed by atoms with Gasteiger partial charge >= 0.3 is 6.03 Å². The molecule has 1 atom stereocenters. The smallest absolute Gasteiger partial charge is 0.314 e. The standard InChI is InChI=1S/C6H14N2O.2CH4/c1-4-5(2)8-6(9)7-3;;/h5H,4H2,1-3H3,(H2,7,8,9);2*1H4. The van der Waals surface area contributed by atoms with Gasteiger partial charge in [-0.1, -0.05) is 21.8 Å². The van der Waals surface area contributed by atoms with Crippen molar-refractivity contribution in [2.45, 2.75) is 41.2 Å². The third-order valence-electron chi connectivity index (χ3n) is 1.22. The summed E-state index contributed by atoms with van der Waals surface area (Å²) in [5.41, 5.74) is 0. The Bertz CT molecular complexity index is 94.1. The van der Waals surface area contributed by atoms with Crippen molar-refractivity contribution in [2.24, 2.45) is 0 Å². The van der Waals surface area contributed by atoms with Gasteiger partial charge in [0.2, 0.25) is 0 Å². The lowest BCUT2D eigenvalue weighted by Crippen LogP contribution is -2.38. The second-order valence-corrected chi connectivity index (χ2v) is 2.03. The zero-order valence-electron chi connectivity index (χ0n) is 6.19. The van der Waals surface area contributed by atoms with Crippen LogP contribution in [0.15, 0.2) is 0 Å². The van der Waals surface area contributed by atoms with Gasteiger partial charge in [-0.2, -0.15) is 0 Å². The molecule has 70 valence electrons. The highest BCUT2D eigenvalue weighted by molar-refractivity contribution is 5.73. The van der Waals surface area contributed by atoms with Crippen molar-refractivity contribution in [3.05, 3.63) is 0 Å². The Morgan fingerprint density at radius 3 is 2.18 bits per heavy atom. The topological polar surface area (TPSA) is 41.1 Å². The molecule has 2 amide bonds. The molecule has 3 heteroatoms. The van der Waals surface area contributed by atoms with Crippen LogP contribution in [-0.2, 0) is 0 Å². The molecule has 11 heavy (non-hydrogen) atoms. The molecule has 0 aromatic rings. The second-order valence-electron chi connectivity index (χ2n) is 2.03. The summed E-state index contributed by atoms with van der Waals surface area (Å²) in [6, 6.07) is 0.161. The molecule has 0 aliphatic rings. The Morgan fingerprint density at radius 2 is 1.91 bits per heavy atom. The van der Waals surface area contributed by atoms with Crippen molar-refractivity contribution >= 4 is 6.03 Å². The van der Waals surface area contributed by atoms with E-state index in [1.165, 1.54) is 0 Å². The number of hydrogen-bond donors (Lipinski definition) is 2. The minimum absolute atomic E-state index is 0. The van der Waals surface area contributed by atoms with Crippen LogP contribution in [0.5, 0.6) is 0 Å². The van der Waals surface area contributed by atoms with Crippen LogP contribution in [0.25, 0.3) is 0 Å². The summed E-state index contributed by atoms with van der Waals surface area (Å²) in [6.45, 7) is 4.00. The van der Waals surface area contributed by atoms with E-state index in [-0.39, 0.29) is 26.9 Å². The van der Waals surface area contributed by atoms with Gasteiger partial charge < -0.3 is 10.6 Å². The maximum atomic E-state index is 10.6. The molecular formula is C8H22N2O. The van der Waals surface area contributed by atoms with Crippen molar-refractivity contribution in [3.8, 4) is 0 Å². The van der Waals surface area contributed by atoms with Gasteiger partial charge in [0.1, 0.15) is 0 Å². The van der Waals surface area contributed by atoms with Gasteiger partial charge in [-0.25, -0.2) is 4.79 Å². The van der Waals surface area contributed by atoms with Crippen molar-refractivity contribution in [1.82, 2.24) is 10.6 Å². The number of amides is 2. The van der Waals surface area contributed by atoms with Gasteiger partial charge in [-0.3, -0.25) is 0 Å². The second kappa shape index (κ2) is 9.27. The van der Waals surface area contributed by atoms with Crippen molar-refractivity contribution in [1.29, 1.82) is 0 Å². The van der Waals surface area contributed by atoms with Crippen molar-refractivity contribution in [3.63, 3.8) is 0 Å². The molecule has 0 aromatic carbocycles. The minimum Gasteiger partial charge on any atom is -0.341 e. The van der Waals surface area contributed by atoms with Crippen molar-refractivity contribution in [2.75, 3.05) is 7.05 Å². The van der Waals surface area contributed by atoms with E-state index in [9.17, 15) is 4.79 Å². The number of urea groups is 1. The summed E-state index contributed by atoms with van der Waals surface area (Å²) in [5.74, 6) is 0. The normalized spacial score (nSPS) is 10.1. The van der Waals surface area contributed by atoms with Crippen LogP contribution in [0.1, 0.15) is 35.1 Å². The lowest BCUT2D eigenvalue weighted by atomic mass is 10.3. The zero-order valence-corrected chi connectivity index (χ0v) is 6.19. The Morgan fingerprint density at radius 1 is 1.45 bits per heavy atom. The molecule has 0 saturated heterocycles. The van der Waals surface area contributed by atoms with Gasteiger partial charge in [-0.05, 0) is 13.3 Å². The van der Waals surface area contributed by atoms with Crippen LogP contribution in [0.2, 0.25) is 0 Å². The molecule has 0 fully saturated rings. The maximum Gasteiger partial charge on any atom is 0.314 e. The molecule has 0 aliphatic carbocycles. The average Bonchev–Trinajstić information content (AvgIpc) is 1.87. The molecular weight excluding hydrogens is 140 g/mol. The maximum absolute atomic E-state index is 10.6. The first-order valence-electron chi connectivity index (χ1n) is 3.19. The molecule has 3 nitrogen and oxygen atoms in total. The fourth-order valence-corrected chi connectivity index (χ4v) is 0.398. The summed E-state index contributed by atoms with van der Waals surface area (Å²) in [7, 11) is 1.61. The molecule has 1 unspecified atom stereocenters. The lowest BCUT2D eigenvalue weighted by Gasteiger charge is -2.09. The monoisotopic (exact) mass is 162 g/mol. The van der Waals surface area contributed by atoms with E-state index in [4.69, 9.17) is 0 Å². The van der Waals surface area contributed by atoms with Crippen LogP contribution in [-0.4, -0.2) is 19.1 Å². The van der Waals surface area contributed by atoms with Crippen LogP contribution < -0.4 is 10.6 Å².